The third kappa shape index (κ3) is 6.14. The van der Waals surface area contributed by atoms with Gasteiger partial charge in [0.2, 0.25) is 10.0 Å². The van der Waals surface area contributed by atoms with Crippen molar-refractivity contribution in [3.05, 3.63) is 70.0 Å². The Labute approximate surface area is 181 Å². The summed E-state index contributed by atoms with van der Waals surface area (Å²) in [7, 11) is -3.39. The Bertz CT molecular complexity index is 1110. The van der Waals surface area contributed by atoms with Crippen molar-refractivity contribution in [2.24, 2.45) is 0 Å². The van der Waals surface area contributed by atoms with E-state index >= 15 is 0 Å². The third-order valence-electron chi connectivity index (χ3n) is 4.44. The van der Waals surface area contributed by atoms with Gasteiger partial charge < -0.3 is 5.32 Å². The second-order valence-corrected chi connectivity index (χ2v) is 9.86. The van der Waals surface area contributed by atoms with Crippen LogP contribution in [0.2, 0.25) is 0 Å². The molecule has 30 heavy (non-hydrogen) atoms. The minimum absolute atomic E-state index is 0.0459. The maximum Gasteiger partial charge on any atom is 0.251 e. The summed E-state index contributed by atoms with van der Waals surface area (Å²) >= 11 is 1.63. The molecule has 0 unspecified atom stereocenters. The van der Waals surface area contributed by atoms with Gasteiger partial charge in [0.15, 0.2) is 0 Å². The minimum atomic E-state index is -3.39. The molecule has 3 aromatic rings. The number of nitrogens with zero attached hydrogens (tertiary/aromatic N) is 1. The zero-order chi connectivity index (χ0) is 21.6. The smallest absolute Gasteiger partial charge is 0.251 e. The molecule has 0 radical (unpaired) electrons. The molecule has 0 fully saturated rings. The molecular weight excluding hydrogens is 418 g/mol. The number of nitrogens with one attached hydrogen (secondary N) is 2. The van der Waals surface area contributed by atoms with E-state index < -0.39 is 10.0 Å². The number of aromatic nitrogens is 1. The van der Waals surface area contributed by atoms with Gasteiger partial charge in [0.05, 0.1) is 16.5 Å². The monoisotopic (exact) mass is 443 g/mol. The van der Waals surface area contributed by atoms with Crippen LogP contribution in [0, 0.1) is 6.92 Å². The number of sulfonamides is 1. The van der Waals surface area contributed by atoms with Gasteiger partial charge in [0, 0.05) is 28.7 Å². The van der Waals surface area contributed by atoms with E-state index in [1.54, 1.807) is 42.5 Å². The third-order valence-corrected chi connectivity index (χ3v) is 6.70. The Morgan fingerprint density at radius 1 is 1.13 bits per heavy atom. The van der Waals surface area contributed by atoms with Crippen LogP contribution in [-0.2, 0) is 16.4 Å². The van der Waals surface area contributed by atoms with Crippen LogP contribution in [0.25, 0.3) is 11.3 Å². The molecule has 0 saturated carbocycles. The largest absolute Gasteiger partial charge is 0.352 e. The van der Waals surface area contributed by atoms with Crippen LogP contribution >= 0.6 is 11.3 Å². The highest BCUT2D eigenvalue weighted by molar-refractivity contribution is 7.92. The van der Waals surface area contributed by atoms with E-state index in [4.69, 9.17) is 0 Å². The molecular formula is C22H25N3O3S2. The highest BCUT2D eigenvalue weighted by atomic mass is 32.2. The number of anilines is 1. The number of benzene rings is 2. The summed E-state index contributed by atoms with van der Waals surface area (Å²) in [5.74, 6) is -0.189. The van der Waals surface area contributed by atoms with E-state index in [9.17, 15) is 13.2 Å². The van der Waals surface area contributed by atoms with Crippen molar-refractivity contribution in [1.82, 2.24) is 10.3 Å². The highest BCUT2D eigenvalue weighted by Crippen LogP contribution is 2.22. The molecule has 0 aliphatic heterocycles. The number of aryl methyl sites for hydroxylation is 1. The van der Waals surface area contributed by atoms with Crippen molar-refractivity contribution in [3.8, 4) is 11.3 Å². The minimum Gasteiger partial charge on any atom is -0.352 e. The number of thiazole rings is 1. The molecule has 1 heterocycles. The molecule has 0 atom stereocenters. The van der Waals surface area contributed by atoms with Gasteiger partial charge in [0.1, 0.15) is 0 Å². The SMILES string of the molecule is CCCS(=O)(=O)Nc1cccc(C(=O)NCCc2ccc(-c3csc(C)n3)cc2)c1. The van der Waals surface area contributed by atoms with Crippen molar-refractivity contribution in [1.29, 1.82) is 0 Å². The van der Waals surface area contributed by atoms with Crippen molar-refractivity contribution in [2.45, 2.75) is 26.7 Å². The van der Waals surface area contributed by atoms with Crippen LogP contribution < -0.4 is 10.0 Å². The molecule has 0 aliphatic carbocycles. The molecule has 1 amide bonds. The Morgan fingerprint density at radius 2 is 1.90 bits per heavy atom. The molecule has 6 nitrogen and oxygen atoms in total. The number of carbonyl (C=O) groups is 1. The van der Waals surface area contributed by atoms with Gasteiger partial charge in [-0.25, -0.2) is 13.4 Å². The normalized spacial score (nSPS) is 11.3. The van der Waals surface area contributed by atoms with Gasteiger partial charge in [-0.2, -0.15) is 0 Å². The summed E-state index contributed by atoms with van der Waals surface area (Å²) in [6, 6.07) is 14.7. The fourth-order valence-corrected chi connectivity index (χ4v) is 4.73. The summed E-state index contributed by atoms with van der Waals surface area (Å²) in [6.45, 7) is 4.28. The van der Waals surface area contributed by atoms with E-state index in [0.29, 0.717) is 30.6 Å². The fraction of sp³-hybridized carbons (Fsp3) is 0.273. The second kappa shape index (κ2) is 9.86. The first-order valence-corrected chi connectivity index (χ1v) is 12.3. The summed E-state index contributed by atoms with van der Waals surface area (Å²) in [6.07, 6.45) is 1.23. The van der Waals surface area contributed by atoms with Gasteiger partial charge in [0.25, 0.3) is 5.91 Å². The fourth-order valence-electron chi connectivity index (χ4n) is 2.98. The quantitative estimate of drug-likeness (QED) is 0.518. The van der Waals surface area contributed by atoms with Crippen molar-refractivity contribution >= 4 is 33.0 Å². The number of hydrogen-bond donors (Lipinski definition) is 2. The van der Waals surface area contributed by atoms with E-state index in [1.165, 1.54) is 0 Å². The Morgan fingerprint density at radius 3 is 2.57 bits per heavy atom. The number of hydrogen-bond acceptors (Lipinski definition) is 5. The molecule has 1 aromatic heterocycles. The van der Waals surface area contributed by atoms with Gasteiger partial charge in [-0.15, -0.1) is 11.3 Å². The first-order valence-electron chi connectivity index (χ1n) is 9.76. The average molecular weight is 444 g/mol. The topological polar surface area (TPSA) is 88.2 Å². The van der Waals surface area contributed by atoms with Gasteiger partial charge in [-0.3, -0.25) is 9.52 Å². The predicted octanol–water partition coefficient (Wildman–Crippen LogP) is 4.24. The van der Waals surface area contributed by atoms with Crippen LogP contribution in [0.5, 0.6) is 0 Å². The second-order valence-electron chi connectivity index (χ2n) is 6.96. The highest BCUT2D eigenvalue weighted by Gasteiger charge is 2.11. The van der Waals surface area contributed by atoms with Gasteiger partial charge in [-0.1, -0.05) is 37.3 Å². The van der Waals surface area contributed by atoms with Crippen molar-refractivity contribution in [2.75, 3.05) is 17.0 Å². The van der Waals surface area contributed by atoms with E-state index in [2.05, 4.69) is 15.0 Å². The number of carbonyl (C=O) groups excluding carboxylic acids is 1. The number of rotatable bonds is 9. The molecule has 0 bridgehead atoms. The summed E-state index contributed by atoms with van der Waals surface area (Å²) in [5.41, 5.74) is 3.98. The maximum atomic E-state index is 12.4. The summed E-state index contributed by atoms with van der Waals surface area (Å²) < 4.78 is 26.3. The molecule has 158 valence electrons. The lowest BCUT2D eigenvalue weighted by Crippen LogP contribution is -2.26. The lowest BCUT2D eigenvalue weighted by molar-refractivity contribution is 0.0954. The zero-order valence-corrected chi connectivity index (χ0v) is 18.6. The van der Waals surface area contributed by atoms with Crippen LogP contribution in [0.1, 0.15) is 34.3 Å². The van der Waals surface area contributed by atoms with E-state index in [1.807, 2.05) is 36.6 Å². The van der Waals surface area contributed by atoms with Crippen LogP contribution in [0.4, 0.5) is 5.69 Å². The standard InChI is InChI=1S/C22H25N3O3S2/c1-3-13-30(27,28)25-20-6-4-5-19(14-20)22(26)23-12-11-17-7-9-18(10-8-17)21-15-29-16(2)24-21/h4-10,14-15,25H,3,11-13H2,1-2H3,(H,23,26). The predicted molar refractivity (Wildman–Crippen MR) is 122 cm³/mol. The molecule has 8 heteroatoms. The Hall–Kier alpha value is -2.71. The maximum absolute atomic E-state index is 12.4. The van der Waals surface area contributed by atoms with Crippen LogP contribution in [0.3, 0.4) is 0 Å². The van der Waals surface area contributed by atoms with Crippen molar-refractivity contribution in [3.63, 3.8) is 0 Å². The molecule has 0 aliphatic rings. The molecule has 0 saturated heterocycles. The Kier molecular flexibility index (Phi) is 7.23. The molecule has 0 spiro atoms. The Balaban J connectivity index is 1.54. The summed E-state index contributed by atoms with van der Waals surface area (Å²) in [4.78, 5) is 16.9. The van der Waals surface area contributed by atoms with E-state index in [0.717, 1.165) is 21.8 Å². The van der Waals surface area contributed by atoms with Crippen molar-refractivity contribution < 1.29 is 13.2 Å². The number of amides is 1. The first kappa shape index (κ1) is 22.0. The van der Waals surface area contributed by atoms with E-state index in [-0.39, 0.29) is 11.7 Å². The van der Waals surface area contributed by atoms with Crippen LogP contribution in [0.15, 0.2) is 53.9 Å². The molecule has 2 aromatic carbocycles. The average Bonchev–Trinajstić information content (AvgIpc) is 3.14. The zero-order valence-electron chi connectivity index (χ0n) is 17.0. The first-order chi connectivity index (χ1) is 14.4. The lowest BCUT2D eigenvalue weighted by atomic mass is 10.1. The lowest BCUT2D eigenvalue weighted by Gasteiger charge is -2.09. The summed E-state index contributed by atoms with van der Waals surface area (Å²) in [5, 5.41) is 5.97. The molecule has 3 rings (SSSR count). The molecule has 2 N–H and O–H groups in total. The van der Waals surface area contributed by atoms with Crippen LogP contribution in [-0.4, -0.2) is 31.6 Å². The van der Waals surface area contributed by atoms with Gasteiger partial charge in [-0.05, 0) is 43.5 Å². The van der Waals surface area contributed by atoms with Gasteiger partial charge >= 0.3 is 0 Å².